The van der Waals surface area contributed by atoms with E-state index in [4.69, 9.17) is 9.26 Å². The number of carbonyl (C=O) groups excluding carboxylic acids is 3. The van der Waals surface area contributed by atoms with Crippen LogP contribution in [0.1, 0.15) is 41.8 Å². The van der Waals surface area contributed by atoms with E-state index >= 15 is 0 Å². The Labute approximate surface area is 200 Å². The summed E-state index contributed by atoms with van der Waals surface area (Å²) in [4.78, 5) is 43.9. The minimum Gasteiger partial charge on any atom is -0.444 e. The molecular formula is C23H25N5O5S. The van der Waals surface area contributed by atoms with E-state index in [2.05, 4.69) is 20.8 Å². The monoisotopic (exact) mass is 483 g/mol. The largest absolute Gasteiger partial charge is 0.444 e. The van der Waals surface area contributed by atoms with Gasteiger partial charge in [0, 0.05) is 29.5 Å². The van der Waals surface area contributed by atoms with Crippen LogP contribution in [0.4, 0.5) is 9.93 Å². The fourth-order valence-corrected chi connectivity index (χ4v) is 4.31. The molecular weight excluding hydrogens is 458 g/mol. The summed E-state index contributed by atoms with van der Waals surface area (Å²) in [5.41, 5.74) is 1.16. The Hall–Kier alpha value is -3.73. The van der Waals surface area contributed by atoms with E-state index in [1.54, 1.807) is 4.90 Å². The topological polar surface area (TPSA) is 127 Å². The van der Waals surface area contributed by atoms with Crippen LogP contribution < -0.4 is 10.6 Å². The van der Waals surface area contributed by atoms with Crippen LogP contribution in [0.15, 0.2) is 40.9 Å². The maximum atomic E-state index is 12.3. The van der Waals surface area contributed by atoms with Gasteiger partial charge in [-0.2, -0.15) is 0 Å². The summed E-state index contributed by atoms with van der Waals surface area (Å²) in [6, 6.07) is 10.8. The molecule has 0 atom stereocenters. The van der Waals surface area contributed by atoms with Gasteiger partial charge in [0.2, 0.25) is 5.91 Å². The minimum absolute atomic E-state index is 0.0820. The number of hydrogen-bond donors (Lipinski definition) is 2. The molecule has 3 aromatic rings. The smallest absolute Gasteiger partial charge is 0.410 e. The summed E-state index contributed by atoms with van der Waals surface area (Å²) in [5, 5.41) is 9.41. The van der Waals surface area contributed by atoms with Gasteiger partial charge < -0.3 is 24.8 Å². The number of rotatable bonds is 5. The molecule has 178 valence electrons. The molecule has 1 aromatic carbocycles. The van der Waals surface area contributed by atoms with Gasteiger partial charge in [0.25, 0.3) is 5.91 Å². The van der Waals surface area contributed by atoms with Gasteiger partial charge >= 0.3 is 6.09 Å². The van der Waals surface area contributed by atoms with Crippen LogP contribution in [0.2, 0.25) is 0 Å². The highest BCUT2D eigenvalue weighted by atomic mass is 32.1. The van der Waals surface area contributed by atoms with Crippen molar-refractivity contribution >= 4 is 34.4 Å². The molecule has 3 heterocycles. The van der Waals surface area contributed by atoms with E-state index < -0.39 is 17.4 Å². The van der Waals surface area contributed by atoms with Crippen molar-refractivity contribution in [2.45, 2.75) is 39.3 Å². The Kier molecular flexibility index (Phi) is 6.64. The first kappa shape index (κ1) is 23.4. The molecule has 34 heavy (non-hydrogen) atoms. The maximum absolute atomic E-state index is 12.3. The van der Waals surface area contributed by atoms with Crippen molar-refractivity contribution in [1.29, 1.82) is 0 Å². The van der Waals surface area contributed by atoms with E-state index in [-0.39, 0.29) is 18.3 Å². The number of thiazole rings is 1. The molecule has 1 aliphatic heterocycles. The predicted molar refractivity (Wildman–Crippen MR) is 125 cm³/mol. The third kappa shape index (κ3) is 5.79. The SMILES string of the molecule is CC(C)(C)OC(=O)N1CCc2nc(NC(=O)CNC(=O)c3cc(-c4ccccc4)on3)sc2C1. The van der Waals surface area contributed by atoms with Crippen molar-refractivity contribution in [2.75, 3.05) is 18.4 Å². The van der Waals surface area contributed by atoms with Crippen molar-refractivity contribution in [3.05, 3.63) is 52.7 Å². The zero-order chi connectivity index (χ0) is 24.3. The van der Waals surface area contributed by atoms with Gasteiger partial charge in [-0.05, 0) is 20.8 Å². The summed E-state index contributed by atoms with van der Waals surface area (Å²) in [6.07, 6.45) is 0.205. The third-order valence-corrected chi connectivity index (χ3v) is 5.84. The number of anilines is 1. The zero-order valence-electron chi connectivity index (χ0n) is 19.1. The molecule has 0 aliphatic carbocycles. The average Bonchev–Trinajstić information content (AvgIpc) is 3.43. The lowest BCUT2D eigenvalue weighted by Gasteiger charge is -2.29. The zero-order valence-corrected chi connectivity index (χ0v) is 19.9. The van der Waals surface area contributed by atoms with Crippen LogP contribution in [0.3, 0.4) is 0 Å². The lowest BCUT2D eigenvalue weighted by Crippen LogP contribution is -2.39. The van der Waals surface area contributed by atoms with Crippen molar-refractivity contribution in [3.8, 4) is 11.3 Å². The van der Waals surface area contributed by atoms with Gasteiger partial charge in [-0.1, -0.05) is 46.8 Å². The normalized spacial score (nSPS) is 13.2. The lowest BCUT2D eigenvalue weighted by atomic mass is 10.1. The van der Waals surface area contributed by atoms with Gasteiger partial charge in [0.15, 0.2) is 16.6 Å². The molecule has 0 saturated heterocycles. The molecule has 3 amide bonds. The number of aromatic nitrogens is 2. The van der Waals surface area contributed by atoms with E-state index in [0.29, 0.717) is 30.4 Å². The third-order valence-electron chi connectivity index (χ3n) is 4.84. The first-order valence-electron chi connectivity index (χ1n) is 10.7. The summed E-state index contributed by atoms with van der Waals surface area (Å²) in [5.74, 6) is -0.480. The second-order valence-electron chi connectivity index (χ2n) is 8.71. The van der Waals surface area contributed by atoms with Crippen molar-refractivity contribution < 1.29 is 23.6 Å². The number of hydrogen-bond acceptors (Lipinski definition) is 8. The van der Waals surface area contributed by atoms with Crippen LogP contribution in [0, 0.1) is 0 Å². The Balaban J connectivity index is 1.29. The highest BCUT2D eigenvalue weighted by Crippen LogP contribution is 2.29. The summed E-state index contributed by atoms with van der Waals surface area (Å²) in [7, 11) is 0. The van der Waals surface area contributed by atoms with Gasteiger partial charge in [-0.25, -0.2) is 9.78 Å². The minimum atomic E-state index is -0.566. The van der Waals surface area contributed by atoms with Crippen LogP contribution in [-0.4, -0.2) is 51.6 Å². The standard InChI is InChI=1S/C23H25N5O5S/c1-23(2,3)32-22(31)28-10-9-15-18(13-28)34-21(25-15)26-19(29)12-24-20(30)16-11-17(33-27-16)14-7-5-4-6-8-14/h4-8,11H,9-10,12-13H2,1-3H3,(H,24,30)(H,25,26,29). The summed E-state index contributed by atoms with van der Waals surface area (Å²) >= 11 is 1.30. The molecule has 0 bridgehead atoms. The lowest BCUT2D eigenvalue weighted by molar-refractivity contribution is -0.115. The van der Waals surface area contributed by atoms with Crippen molar-refractivity contribution in [1.82, 2.24) is 20.4 Å². The second-order valence-corrected chi connectivity index (χ2v) is 9.80. The molecule has 1 aliphatic rings. The molecule has 0 radical (unpaired) electrons. The summed E-state index contributed by atoms with van der Waals surface area (Å²) < 4.78 is 10.6. The molecule has 0 saturated carbocycles. The number of ether oxygens (including phenoxy) is 1. The number of fused-ring (bicyclic) bond motifs is 1. The maximum Gasteiger partial charge on any atom is 0.410 e. The fraction of sp³-hybridized carbons (Fsp3) is 0.348. The molecule has 10 nitrogen and oxygen atoms in total. The number of amides is 3. The second kappa shape index (κ2) is 9.64. The van der Waals surface area contributed by atoms with Crippen LogP contribution >= 0.6 is 11.3 Å². The highest BCUT2D eigenvalue weighted by Gasteiger charge is 2.28. The number of nitrogens with zero attached hydrogens (tertiary/aromatic N) is 3. The summed E-state index contributed by atoms with van der Waals surface area (Å²) in [6.45, 7) is 6.10. The van der Waals surface area contributed by atoms with Crippen molar-refractivity contribution in [3.63, 3.8) is 0 Å². The quantitative estimate of drug-likeness (QED) is 0.569. The Morgan fingerprint density at radius 2 is 1.97 bits per heavy atom. The highest BCUT2D eigenvalue weighted by molar-refractivity contribution is 7.15. The molecule has 0 unspecified atom stereocenters. The fourth-order valence-electron chi connectivity index (χ4n) is 3.27. The van der Waals surface area contributed by atoms with E-state index in [1.807, 2.05) is 51.1 Å². The Bertz CT molecular complexity index is 1200. The predicted octanol–water partition coefficient (Wildman–Crippen LogP) is 3.46. The number of benzene rings is 1. The van der Waals surface area contributed by atoms with E-state index in [9.17, 15) is 14.4 Å². The number of nitrogens with one attached hydrogen (secondary N) is 2. The van der Waals surface area contributed by atoms with Gasteiger partial charge in [-0.15, -0.1) is 0 Å². The average molecular weight is 484 g/mol. The molecule has 11 heteroatoms. The van der Waals surface area contributed by atoms with E-state index in [1.165, 1.54) is 17.4 Å². The van der Waals surface area contributed by atoms with Crippen LogP contribution in [-0.2, 0) is 22.5 Å². The van der Waals surface area contributed by atoms with Gasteiger partial charge in [-0.3, -0.25) is 9.59 Å². The Morgan fingerprint density at radius 1 is 1.21 bits per heavy atom. The van der Waals surface area contributed by atoms with Gasteiger partial charge in [0.05, 0.1) is 18.8 Å². The molecule has 0 fully saturated rings. The molecule has 4 rings (SSSR count). The first-order valence-corrected chi connectivity index (χ1v) is 11.6. The van der Waals surface area contributed by atoms with Crippen LogP contribution in [0.5, 0.6) is 0 Å². The first-order chi connectivity index (χ1) is 16.2. The number of carbonyl (C=O) groups is 3. The molecule has 0 spiro atoms. The van der Waals surface area contributed by atoms with Crippen molar-refractivity contribution in [2.24, 2.45) is 0 Å². The van der Waals surface area contributed by atoms with E-state index in [0.717, 1.165) is 16.1 Å². The Morgan fingerprint density at radius 3 is 2.71 bits per heavy atom. The van der Waals surface area contributed by atoms with Gasteiger partial charge in [0.1, 0.15) is 5.60 Å². The van der Waals surface area contributed by atoms with Crippen LogP contribution in [0.25, 0.3) is 11.3 Å². The molecule has 2 N–H and O–H groups in total. The molecule has 2 aromatic heterocycles.